The van der Waals surface area contributed by atoms with Gasteiger partial charge in [-0.1, -0.05) is 39.8 Å². The number of esters is 1. The second-order valence-corrected chi connectivity index (χ2v) is 20.1. The Bertz CT molecular complexity index is 2550. The molecule has 2 aromatic carbocycles. The number of fused-ring (bicyclic) bond motifs is 6. The normalized spacial score (nSPS) is 22.2. The minimum atomic E-state index is -1.17. The van der Waals surface area contributed by atoms with Gasteiger partial charge >= 0.3 is 5.97 Å². The molecule has 16 heteroatoms. The molecule has 1 aliphatic carbocycles. The molecule has 2 aromatic heterocycles. The number of hydrogen-bond acceptors (Lipinski definition) is 11. The zero-order chi connectivity index (χ0) is 47.9. The van der Waals surface area contributed by atoms with Crippen molar-refractivity contribution in [3.8, 4) is 28.1 Å². The number of hydrazine groups is 1. The molecular weight excluding hydrogens is 853 g/mol. The van der Waals surface area contributed by atoms with Crippen LogP contribution in [0.2, 0.25) is 0 Å². The van der Waals surface area contributed by atoms with Gasteiger partial charge in [0.25, 0.3) is 5.91 Å². The van der Waals surface area contributed by atoms with E-state index in [2.05, 4.69) is 58.5 Å². The molecule has 0 radical (unpaired) electrons. The van der Waals surface area contributed by atoms with E-state index in [0.717, 1.165) is 51.7 Å². The molecule has 8 rings (SSSR count). The van der Waals surface area contributed by atoms with Crippen molar-refractivity contribution < 1.29 is 38.6 Å². The van der Waals surface area contributed by atoms with E-state index in [4.69, 9.17) is 9.47 Å². The average molecular weight is 919 g/mol. The number of cyclic esters (lactones) is 1. The van der Waals surface area contributed by atoms with Gasteiger partial charge in [-0.3, -0.25) is 39.3 Å². The van der Waals surface area contributed by atoms with Gasteiger partial charge in [0.15, 0.2) is 0 Å². The van der Waals surface area contributed by atoms with Crippen LogP contribution < -0.4 is 16.1 Å². The second kappa shape index (κ2) is 19.4. The van der Waals surface area contributed by atoms with Crippen molar-refractivity contribution in [2.75, 3.05) is 40.9 Å². The lowest BCUT2D eigenvalue weighted by molar-refractivity contribution is -0.155. The SMILES string of the molecule is CCn1c(-c2cnccc2COC)c2c3cc(ccc31)-c1cc(O)cc(c1)C[C@H](NC(=O)C(C(C)C)N(C)C(=O)CN(C)C(=O)[C@H]1N[C@@H]1C1CC1)C(=O)N1CCC[C@H](N1)C(=O)OCC(C)(C)C2. The van der Waals surface area contributed by atoms with Gasteiger partial charge in [-0.15, -0.1) is 0 Å². The Morgan fingerprint density at radius 3 is 2.55 bits per heavy atom. The highest BCUT2D eigenvalue weighted by molar-refractivity contribution is 5.96. The lowest BCUT2D eigenvalue weighted by Gasteiger charge is -2.37. The molecule has 6 bridgehead atoms. The lowest BCUT2D eigenvalue weighted by atomic mass is 9.84. The monoisotopic (exact) mass is 919 g/mol. The van der Waals surface area contributed by atoms with E-state index in [9.17, 15) is 29.1 Å². The van der Waals surface area contributed by atoms with E-state index < -0.39 is 47.2 Å². The Hall–Kier alpha value is -5.84. The van der Waals surface area contributed by atoms with Crippen LogP contribution in [0.5, 0.6) is 5.75 Å². The van der Waals surface area contributed by atoms with Gasteiger partial charge in [-0.05, 0) is 109 Å². The Labute approximate surface area is 392 Å². The molecule has 4 aliphatic rings. The molecule has 5 heterocycles. The van der Waals surface area contributed by atoms with E-state index in [1.165, 1.54) is 14.8 Å². The van der Waals surface area contributed by atoms with Crippen molar-refractivity contribution in [1.29, 1.82) is 0 Å². The van der Waals surface area contributed by atoms with Gasteiger partial charge in [-0.2, -0.15) is 0 Å². The summed E-state index contributed by atoms with van der Waals surface area (Å²) in [5, 5.41) is 19.9. The summed E-state index contributed by atoms with van der Waals surface area (Å²) in [5.74, 6) is -1.95. The maximum Gasteiger partial charge on any atom is 0.324 e. The van der Waals surface area contributed by atoms with Crippen molar-refractivity contribution in [2.45, 2.75) is 117 Å². The molecule has 358 valence electrons. The molecule has 3 fully saturated rings. The summed E-state index contributed by atoms with van der Waals surface area (Å²) in [5.41, 5.74) is 9.72. The standard InChI is InChI=1S/C51H66N8O8/c1-9-58-41-15-14-32-23-36(41)37(46(58)38-25-52-17-16-33(38)27-66-8)24-51(4,5)28-67-50(65)39-11-10-18-59(55-39)48(63)40(21-30-19-34(32)22-35(60)20-30)53-47(62)45(29(2)3)57(7)42(61)26-56(6)49(64)44-43(54-44)31-12-13-31/h14-17,19-20,22-23,25,29,31,39-40,43-45,54-55,60H,9-13,18,21,24,26-28H2,1-8H3,(H,53,62)/t39-,40-,43+,44-,45?/m0/s1. The number of nitrogens with one attached hydrogen (secondary N) is 3. The number of amides is 4. The van der Waals surface area contributed by atoms with Crippen LogP contribution in [0.3, 0.4) is 0 Å². The summed E-state index contributed by atoms with van der Waals surface area (Å²) in [6, 6.07) is 10.3. The summed E-state index contributed by atoms with van der Waals surface area (Å²) >= 11 is 0. The zero-order valence-electron chi connectivity index (χ0n) is 40.1. The summed E-state index contributed by atoms with van der Waals surface area (Å²) in [6.07, 6.45) is 7.31. The van der Waals surface area contributed by atoms with E-state index in [-0.39, 0.29) is 55.8 Å². The molecule has 16 nitrogen and oxygen atoms in total. The fourth-order valence-corrected chi connectivity index (χ4v) is 10.1. The smallest absolute Gasteiger partial charge is 0.324 e. The first-order valence-corrected chi connectivity index (χ1v) is 23.7. The summed E-state index contributed by atoms with van der Waals surface area (Å²) in [7, 11) is 4.81. The number of carbonyl (C=O) groups excluding carboxylic acids is 5. The predicted octanol–water partition coefficient (Wildman–Crippen LogP) is 4.58. The number of phenols is 1. The fraction of sp³-hybridized carbons (Fsp3) is 0.529. The number of pyridine rings is 1. The fourth-order valence-electron chi connectivity index (χ4n) is 10.1. The number of ether oxygens (including phenoxy) is 2. The first-order chi connectivity index (χ1) is 32.0. The van der Waals surface area contributed by atoms with Crippen LogP contribution in [0.15, 0.2) is 54.9 Å². The van der Waals surface area contributed by atoms with Gasteiger partial charge < -0.3 is 34.3 Å². The Balaban J connectivity index is 1.15. The number of nitrogens with zero attached hydrogens (tertiary/aromatic N) is 5. The van der Waals surface area contributed by atoms with Crippen molar-refractivity contribution in [1.82, 2.24) is 40.4 Å². The van der Waals surface area contributed by atoms with Gasteiger partial charge in [0.05, 0.1) is 25.5 Å². The topological polar surface area (TPSA) is 198 Å². The molecule has 5 atom stereocenters. The summed E-state index contributed by atoms with van der Waals surface area (Å²) in [6.45, 7) is 11.1. The Kier molecular flexibility index (Phi) is 13.8. The molecule has 0 spiro atoms. The first-order valence-electron chi connectivity index (χ1n) is 23.7. The van der Waals surface area contributed by atoms with E-state index in [1.807, 2.05) is 38.2 Å². The highest BCUT2D eigenvalue weighted by atomic mass is 16.5. The van der Waals surface area contributed by atoms with Gasteiger partial charge in [0.1, 0.15) is 29.9 Å². The van der Waals surface area contributed by atoms with Crippen LogP contribution in [0.4, 0.5) is 0 Å². The van der Waals surface area contributed by atoms with Gasteiger partial charge in [-0.25, -0.2) is 5.43 Å². The number of carbonyl (C=O) groups is 5. The number of rotatable bonds is 12. The van der Waals surface area contributed by atoms with Crippen LogP contribution in [0, 0.1) is 17.3 Å². The van der Waals surface area contributed by atoms with Crippen molar-refractivity contribution in [3.05, 3.63) is 71.5 Å². The highest BCUT2D eigenvalue weighted by Crippen LogP contribution is 2.42. The third-order valence-electron chi connectivity index (χ3n) is 13.8. The van der Waals surface area contributed by atoms with Gasteiger partial charge in [0.2, 0.25) is 17.7 Å². The maximum atomic E-state index is 14.7. The van der Waals surface area contributed by atoms with Crippen molar-refractivity contribution in [2.24, 2.45) is 17.3 Å². The minimum absolute atomic E-state index is 0.0138. The van der Waals surface area contributed by atoms with Crippen LogP contribution in [-0.2, 0) is 59.4 Å². The van der Waals surface area contributed by atoms with Crippen molar-refractivity contribution >= 4 is 40.5 Å². The lowest BCUT2D eigenvalue weighted by Crippen LogP contribution is -2.62. The summed E-state index contributed by atoms with van der Waals surface area (Å²) < 4.78 is 14.0. The number of phenolic OH excluding ortho intramolecular Hbond substituents is 1. The number of aryl methyl sites for hydroxylation is 1. The van der Waals surface area contributed by atoms with E-state index >= 15 is 0 Å². The van der Waals surface area contributed by atoms with Crippen LogP contribution in [-0.4, -0.2) is 130 Å². The van der Waals surface area contributed by atoms with Crippen LogP contribution in [0.25, 0.3) is 33.3 Å². The predicted molar refractivity (Wildman–Crippen MR) is 253 cm³/mol. The molecule has 2 saturated heterocycles. The molecule has 67 heavy (non-hydrogen) atoms. The maximum absolute atomic E-state index is 14.7. The number of methoxy groups -OCH3 is 1. The average Bonchev–Trinajstić information content (AvgIpc) is 4.24. The zero-order valence-corrected chi connectivity index (χ0v) is 40.1. The Morgan fingerprint density at radius 1 is 1.06 bits per heavy atom. The number of hydrogen-bond donors (Lipinski definition) is 4. The third-order valence-corrected chi connectivity index (χ3v) is 13.8. The number of aromatic nitrogens is 2. The molecule has 4 aromatic rings. The Morgan fingerprint density at radius 2 is 1.84 bits per heavy atom. The van der Waals surface area contributed by atoms with Crippen LogP contribution >= 0.6 is 0 Å². The summed E-state index contributed by atoms with van der Waals surface area (Å²) in [4.78, 5) is 77.4. The first kappa shape index (κ1) is 47.6. The van der Waals surface area contributed by atoms with E-state index in [0.29, 0.717) is 49.5 Å². The molecule has 3 aliphatic heterocycles. The minimum Gasteiger partial charge on any atom is -0.508 e. The van der Waals surface area contributed by atoms with Gasteiger partial charge in [0, 0.05) is 81.0 Å². The molecule has 4 amide bonds. The number of aromatic hydroxyl groups is 1. The van der Waals surface area contributed by atoms with Crippen LogP contribution in [0.1, 0.15) is 77.0 Å². The highest BCUT2D eigenvalue weighted by Gasteiger charge is 2.52. The third kappa shape index (κ3) is 10.2. The largest absolute Gasteiger partial charge is 0.508 e. The van der Waals surface area contributed by atoms with E-state index in [1.54, 1.807) is 39.5 Å². The number of benzene rings is 2. The molecule has 1 saturated carbocycles. The number of likely N-dealkylation sites (N-methyl/N-ethyl adjacent to an activating group) is 2. The van der Waals surface area contributed by atoms with Crippen molar-refractivity contribution in [3.63, 3.8) is 0 Å². The second-order valence-electron chi connectivity index (χ2n) is 20.1. The molecule has 1 unspecified atom stereocenters. The molecular formula is C51H66N8O8. The quantitative estimate of drug-likeness (QED) is 0.115. The molecule has 4 N–H and O–H groups in total.